The van der Waals surface area contributed by atoms with Crippen LogP contribution in [0.15, 0.2) is 60.9 Å². The quantitative estimate of drug-likeness (QED) is 0.627. The van der Waals surface area contributed by atoms with E-state index in [4.69, 9.17) is 14.2 Å². The summed E-state index contributed by atoms with van der Waals surface area (Å²) in [6, 6.07) is 15.1. The Balaban J connectivity index is 1.21. The third-order valence-corrected chi connectivity index (χ3v) is 4.71. The van der Waals surface area contributed by atoms with Gasteiger partial charge in [0.15, 0.2) is 17.6 Å². The van der Waals surface area contributed by atoms with Gasteiger partial charge in [-0.15, -0.1) is 0 Å². The van der Waals surface area contributed by atoms with E-state index in [1.165, 1.54) is 0 Å². The number of hydrogen-bond donors (Lipinski definition) is 2. The number of amides is 2. The molecule has 1 unspecified atom stereocenters. The van der Waals surface area contributed by atoms with Crippen LogP contribution in [-0.2, 0) is 13.0 Å². The number of fused-ring (bicyclic) bond motifs is 1. The molecule has 3 aromatic rings. The van der Waals surface area contributed by atoms with E-state index in [0.29, 0.717) is 25.4 Å². The van der Waals surface area contributed by atoms with Crippen LogP contribution in [0.25, 0.3) is 0 Å². The number of carbonyl (C=O) groups is 1. The van der Waals surface area contributed by atoms with Gasteiger partial charge >= 0.3 is 6.03 Å². The number of methoxy groups -OCH3 is 1. The van der Waals surface area contributed by atoms with Gasteiger partial charge in [-0.05, 0) is 36.2 Å². The summed E-state index contributed by atoms with van der Waals surface area (Å²) in [6.07, 6.45) is 3.97. The molecule has 1 atom stereocenters. The lowest BCUT2D eigenvalue weighted by Crippen LogP contribution is -2.33. The van der Waals surface area contributed by atoms with Gasteiger partial charge in [0.1, 0.15) is 12.4 Å². The number of benzene rings is 2. The van der Waals surface area contributed by atoms with Crippen LogP contribution in [0.2, 0.25) is 0 Å². The summed E-state index contributed by atoms with van der Waals surface area (Å²) in [7, 11) is 1.64. The normalized spacial score (nSPS) is 14.8. The second-order valence-electron chi connectivity index (χ2n) is 6.93. The lowest BCUT2D eigenvalue weighted by atomic mass is 10.1. The summed E-state index contributed by atoms with van der Waals surface area (Å²) >= 11 is 0. The predicted molar refractivity (Wildman–Crippen MR) is 112 cm³/mol. The fourth-order valence-corrected chi connectivity index (χ4v) is 3.18. The number of nitrogens with zero attached hydrogens (tertiary/aromatic N) is 2. The molecule has 0 bridgehead atoms. The van der Waals surface area contributed by atoms with E-state index in [1.54, 1.807) is 24.2 Å². The van der Waals surface area contributed by atoms with Gasteiger partial charge in [0.05, 0.1) is 25.5 Å². The number of anilines is 1. The van der Waals surface area contributed by atoms with E-state index in [2.05, 4.69) is 15.7 Å². The maximum atomic E-state index is 12.1. The number of carbonyl (C=O) groups excluding carboxylic acids is 1. The molecule has 8 heteroatoms. The summed E-state index contributed by atoms with van der Waals surface area (Å²) < 4.78 is 18.5. The number of ether oxygens (including phenoxy) is 3. The average molecular weight is 408 g/mol. The Bertz CT molecular complexity index is 987. The number of urea groups is 1. The molecule has 2 aromatic carbocycles. The van der Waals surface area contributed by atoms with E-state index in [1.807, 2.05) is 48.5 Å². The molecular weight excluding hydrogens is 384 g/mol. The topological polar surface area (TPSA) is 86.6 Å². The number of rotatable bonds is 7. The van der Waals surface area contributed by atoms with Crippen molar-refractivity contribution in [2.45, 2.75) is 19.1 Å². The molecule has 8 nitrogen and oxygen atoms in total. The second-order valence-corrected chi connectivity index (χ2v) is 6.93. The van der Waals surface area contributed by atoms with Crippen LogP contribution in [-0.4, -0.2) is 42.2 Å². The van der Waals surface area contributed by atoms with Crippen molar-refractivity contribution < 1.29 is 19.0 Å². The Morgan fingerprint density at radius 1 is 1.20 bits per heavy atom. The summed E-state index contributed by atoms with van der Waals surface area (Å²) in [5, 5.41) is 9.93. The summed E-state index contributed by atoms with van der Waals surface area (Å²) in [6.45, 7) is 1.50. The molecule has 1 aliphatic heterocycles. The van der Waals surface area contributed by atoms with Crippen LogP contribution in [0.1, 0.15) is 5.56 Å². The highest BCUT2D eigenvalue weighted by atomic mass is 16.6. The Morgan fingerprint density at radius 2 is 2.00 bits per heavy atom. The molecule has 2 N–H and O–H groups in total. The lowest BCUT2D eigenvalue weighted by molar-refractivity contribution is 0.0759. The monoisotopic (exact) mass is 408 g/mol. The van der Waals surface area contributed by atoms with Crippen molar-refractivity contribution in [3.05, 3.63) is 66.5 Å². The Kier molecular flexibility index (Phi) is 6.03. The van der Waals surface area contributed by atoms with E-state index < -0.39 is 0 Å². The number of aromatic nitrogens is 2. The highest BCUT2D eigenvalue weighted by molar-refractivity contribution is 5.88. The van der Waals surface area contributed by atoms with E-state index in [0.717, 1.165) is 29.2 Å². The van der Waals surface area contributed by atoms with Gasteiger partial charge in [0, 0.05) is 12.7 Å². The van der Waals surface area contributed by atoms with Crippen LogP contribution in [0.4, 0.5) is 10.5 Å². The summed E-state index contributed by atoms with van der Waals surface area (Å²) in [4.78, 5) is 12.1. The minimum atomic E-state index is -0.269. The van der Waals surface area contributed by atoms with Crippen LogP contribution in [0.5, 0.6) is 17.2 Å². The highest BCUT2D eigenvalue weighted by Gasteiger charge is 2.21. The average Bonchev–Trinajstić information content (AvgIpc) is 3.20. The van der Waals surface area contributed by atoms with Gasteiger partial charge < -0.3 is 24.8 Å². The minimum Gasteiger partial charge on any atom is -0.497 e. The first-order chi connectivity index (χ1) is 14.7. The standard InChI is InChI=1S/C22H24N4O4/c1-28-18-8-6-16(7-9-18)10-11-23-22(27)25-17-12-24-26(13-17)14-19-15-29-20-4-2-3-5-21(20)30-19/h2-9,12-13,19H,10-11,14-15H2,1H3,(H2,23,25,27). The van der Waals surface area contributed by atoms with Crippen molar-refractivity contribution >= 4 is 11.7 Å². The van der Waals surface area contributed by atoms with Gasteiger partial charge in [-0.25, -0.2) is 4.79 Å². The molecule has 30 heavy (non-hydrogen) atoms. The molecule has 0 saturated carbocycles. The van der Waals surface area contributed by atoms with Crippen molar-refractivity contribution in [2.75, 3.05) is 25.6 Å². The van der Waals surface area contributed by atoms with Gasteiger partial charge in [-0.2, -0.15) is 5.10 Å². The third kappa shape index (κ3) is 5.02. The zero-order valence-corrected chi connectivity index (χ0v) is 16.7. The largest absolute Gasteiger partial charge is 0.497 e. The number of hydrogen-bond acceptors (Lipinski definition) is 5. The van der Waals surface area contributed by atoms with Gasteiger partial charge in [-0.1, -0.05) is 24.3 Å². The van der Waals surface area contributed by atoms with Crippen molar-refractivity contribution in [2.24, 2.45) is 0 Å². The summed E-state index contributed by atoms with van der Waals surface area (Å²) in [5.74, 6) is 2.30. The molecule has 2 heterocycles. The fourth-order valence-electron chi connectivity index (χ4n) is 3.18. The zero-order chi connectivity index (χ0) is 20.8. The molecule has 0 saturated heterocycles. The summed E-state index contributed by atoms with van der Waals surface area (Å²) in [5.41, 5.74) is 1.74. The Morgan fingerprint density at radius 3 is 2.80 bits per heavy atom. The first-order valence-electron chi connectivity index (χ1n) is 9.78. The van der Waals surface area contributed by atoms with Crippen molar-refractivity contribution in [3.63, 3.8) is 0 Å². The van der Waals surface area contributed by atoms with Crippen LogP contribution >= 0.6 is 0 Å². The molecule has 2 amide bonds. The van der Waals surface area contributed by atoms with E-state index in [-0.39, 0.29) is 12.1 Å². The van der Waals surface area contributed by atoms with Crippen molar-refractivity contribution in [1.29, 1.82) is 0 Å². The molecule has 4 rings (SSSR count). The highest BCUT2D eigenvalue weighted by Crippen LogP contribution is 2.31. The lowest BCUT2D eigenvalue weighted by Gasteiger charge is -2.26. The predicted octanol–water partition coefficient (Wildman–Crippen LogP) is 3.10. The SMILES string of the molecule is COc1ccc(CCNC(=O)Nc2cnn(CC3COc4ccccc4O3)c2)cc1. The van der Waals surface area contributed by atoms with Crippen LogP contribution < -0.4 is 24.8 Å². The maximum absolute atomic E-state index is 12.1. The molecule has 156 valence electrons. The fraction of sp³-hybridized carbons (Fsp3) is 0.273. The molecule has 0 aliphatic carbocycles. The molecular formula is C22H24N4O4. The molecule has 0 radical (unpaired) electrons. The first kappa shape index (κ1) is 19.6. The van der Waals surface area contributed by atoms with Crippen molar-refractivity contribution in [3.8, 4) is 17.2 Å². The molecule has 0 spiro atoms. The van der Waals surface area contributed by atoms with Crippen LogP contribution in [0.3, 0.4) is 0 Å². The smallest absolute Gasteiger partial charge is 0.319 e. The third-order valence-electron chi connectivity index (χ3n) is 4.71. The van der Waals surface area contributed by atoms with Crippen molar-refractivity contribution in [1.82, 2.24) is 15.1 Å². The van der Waals surface area contributed by atoms with E-state index in [9.17, 15) is 4.79 Å². The Hall–Kier alpha value is -3.68. The van der Waals surface area contributed by atoms with Gasteiger partial charge in [0.2, 0.25) is 0 Å². The molecule has 0 fully saturated rings. The van der Waals surface area contributed by atoms with Gasteiger partial charge in [-0.3, -0.25) is 4.68 Å². The minimum absolute atomic E-state index is 0.147. The van der Waals surface area contributed by atoms with Crippen LogP contribution in [0, 0.1) is 0 Å². The first-order valence-corrected chi connectivity index (χ1v) is 9.78. The maximum Gasteiger partial charge on any atom is 0.319 e. The Labute approximate surface area is 174 Å². The zero-order valence-electron chi connectivity index (χ0n) is 16.7. The van der Waals surface area contributed by atoms with E-state index >= 15 is 0 Å². The van der Waals surface area contributed by atoms with Gasteiger partial charge in [0.25, 0.3) is 0 Å². The number of nitrogens with one attached hydrogen (secondary N) is 2. The molecule has 1 aliphatic rings. The number of para-hydroxylation sites is 2. The molecule has 1 aromatic heterocycles. The second kappa shape index (κ2) is 9.21.